The Balaban J connectivity index is 7.10. The Kier molecular flexibility index (Phi) is 57.4. The van der Waals surface area contributed by atoms with Crippen LogP contribution in [0.1, 0.15) is 318 Å². The first kappa shape index (κ1) is 83.7. The summed E-state index contributed by atoms with van der Waals surface area (Å²) in [7, 11) is 3.99. The summed E-state index contributed by atoms with van der Waals surface area (Å²) >= 11 is 0. The molecule has 0 aliphatic carbocycles. The SMILES string of the molecule is CCCCCCCCCCOC(=O)CC(C(=O)OCCCCCCCC)C(=O)OCC(COC(=O)C(CC(=O)OCCCCCCCCCC)C(=O)OCCCCCCCC)N(CCCCCCN(C)C)C(=O)CCC(=O)OC(CCC)CCCCCC. The predicted molar refractivity (Wildman–Crippen MR) is 349 cm³/mol. The summed E-state index contributed by atoms with van der Waals surface area (Å²) in [6, 6.07) is -1.22. The normalized spacial score (nSPS) is 12.6. The van der Waals surface area contributed by atoms with Crippen LogP contribution in [0.25, 0.3) is 0 Å². The van der Waals surface area contributed by atoms with E-state index in [-0.39, 0.29) is 51.9 Å². The van der Waals surface area contributed by atoms with Gasteiger partial charge in [-0.15, -0.1) is 0 Å². The monoisotopic (exact) mass is 1250 g/mol. The van der Waals surface area contributed by atoms with Gasteiger partial charge in [0.1, 0.15) is 19.3 Å². The van der Waals surface area contributed by atoms with E-state index in [1.807, 2.05) is 21.0 Å². The topological polar surface area (TPSA) is 208 Å². The summed E-state index contributed by atoms with van der Waals surface area (Å²) < 4.78 is 40.1. The van der Waals surface area contributed by atoms with Crippen molar-refractivity contribution in [3.8, 4) is 0 Å². The fourth-order valence-corrected chi connectivity index (χ4v) is 10.5. The summed E-state index contributed by atoms with van der Waals surface area (Å²) in [5, 5.41) is 0. The van der Waals surface area contributed by atoms with Crippen LogP contribution in [0, 0.1) is 11.8 Å². The molecule has 0 aromatic carbocycles. The molecule has 0 aromatic rings. The van der Waals surface area contributed by atoms with Crippen LogP contribution in [0.2, 0.25) is 0 Å². The van der Waals surface area contributed by atoms with Gasteiger partial charge >= 0.3 is 41.8 Å². The fraction of sp³-hybridized carbons (Fsp3) is 0.887. The van der Waals surface area contributed by atoms with E-state index in [1.54, 1.807) is 0 Å². The third-order valence-corrected chi connectivity index (χ3v) is 16.1. The van der Waals surface area contributed by atoms with Gasteiger partial charge in [0.25, 0.3) is 0 Å². The van der Waals surface area contributed by atoms with Crippen LogP contribution in [0.4, 0.5) is 0 Å². The average Bonchev–Trinajstić information content (AvgIpc) is 3.65. The van der Waals surface area contributed by atoms with Crippen molar-refractivity contribution in [1.29, 1.82) is 0 Å². The molecular formula is C71H130N2O15. The number of carbonyl (C=O) groups excluding carboxylic acids is 8. The third kappa shape index (κ3) is 48.6. The van der Waals surface area contributed by atoms with Gasteiger partial charge in [-0.1, -0.05) is 234 Å². The molecule has 0 N–H and O–H groups in total. The van der Waals surface area contributed by atoms with E-state index >= 15 is 0 Å². The summed E-state index contributed by atoms with van der Waals surface area (Å²) in [6.07, 6.45) is 35.0. The van der Waals surface area contributed by atoms with Gasteiger partial charge in [0, 0.05) is 13.0 Å². The molecule has 0 aliphatic heterocycles. The molecule has 0 saturated heterocycles. The molecule has 88 heavy (non-hydrogen) atoms. The predicted octanol–water partition coefficient (Wildman–Crippen LogP) is 16.0. The number of hydrogen-bond donors (Lipinski definition) is 0. The minimum absolute atomic E-state index is 0.0349. The number of esters is 7. The number of nitrogens with zero attached hydrogens (tertiary/aromatic N) is 2. The zero-order valence-electron chi connectivity index (χ0n) is 57.4. The number of carbonyl (C=O) groups is 8. The van der Waals surface area contributed by atoms with E-state index in [0.29, 0.717) is 44.9 Å². The molecule has 0 bridgehead atoms. The van der Waals surface area contributed by atoms with E-state index in [4.69, 9.17) is 33.2 Å². The Hall–Kier alpha value is -4.28. The van der Waals surface area contributed by atoms with Crippen molar-refractivity contribution in [2.24, 2.45) is 11.8 Å². The minimum Gasteiger partial charge on any atom is -0.466 e. The molecule has 0 aliphatic rings. The first-order valence-electron chi connectivity index (χ1n) is 35.8. The standard InChI is InChI=1S/C71H130N2O15/c1-9-15-20-25-29-31-37-42-52-82-66(76)56-62(68(78)84-54-44-35-27-22-17-11-3)70(80)86-58-60(73(51-41-34-33-40-50-72(7)8)64(74)48-49-65(75)88-61(46-14-6)47-39-24-19-13-5)59-87-71(81)63(69(79)85-55-45-36-28-23-18-12-4)57-67(77)83-53-43-38-32-30-26-21-16-10-2/h60-63H,9-59H2,1-8H3. The summed E-state index contributed by atoms with van der Waals surface area (Å²) in [5.74, 6) is -10.0. The molecule has 0 aromatic heterocycles. The van der Waals surface area contributed by atoms with Gasteiger partial charge < -0.3 is 43.0 Å². The average molecular weight is 1250 g/mol. The molecule has 1 amide bonds. The Morgan fingerprint density at radius 1 is 0.318 bits per heavy atom. The zero-order chi connectivity index (χ0) is 65.1. The molecule has 3 unspecified atom stereocenters. The second-order valence-corrected chi connectivity index (χ2v) is 24.7. The first-order chi connectivity index (χ1) is 42.7. The van der Waals surface area contributed by atoms with E-state index in [9.17, 15) is 38.4 Å². The van der Waals surface area contributed by atoms with Gasteiger partial charge in [0.2, 0.25) is 5.91 Å². The van der Waals surface area contributed by atoms with Gasteiger partial charge in [-0.2, -0.15) is 0 Å². The van der Waals surface area contributed by atoms with Crippen LogP contribution < -0.4 is 0 Å². The second-order valence-electron chi connectivity index (χ2n) is 24.7. The van der Waals surface area contributed by atoms with E-state index in [2.05, 4.69) is 39.5 Å². The molecule has 17 nitrogen and oxygen atoms in total. The highest BCUT2D eigenvalue weighted by molar-refractivity contribution is 5.99. The van der Waals surface area contributed by atoms with Crippen molar-refractivity contribution in [1.82, 2.24) is 9.80 Å². The van der Waals surface area contributed by atoms with Gasteiger partial charge in [-0.25, -0.2) is 0 Å². The summed E-state index contributed by atoms with van der Waals surface area (Å²) in [6.45, 7) is 12.9. The molecule has 0 saturated carbocycles. The van der Waals surface area contributed by atoms with Crippen molar-refractivity contribution in [3.05, 3.63) is 0 Å². The smallest absolute Gasteiger partial charge is 0.321 e. The van der Waals surface area contributed by atoms with Gasteiger partial charge in [-0.3, -0.25) is 38.4 Å². The largest absolute Gasteiger partial charge is 0.466 e. The molecule has 0 rings (SSSR count). The number of rotatable bonds is 63. The van der Waals surface area contributed by atoms with Crippen LogP contribution in [-0.4, -0.2) is 136 Å². The summed E-state index contributed by atoms with van der Waals surface area (Å²) in [5.41, 5.74) is 0. The van der Waals surface area contributed by atoms with Crippen LogP contribution in [0.5, 0.6) is 0 Å². The lowest BCUT2D eigenvalue weighted by Gasteiger charge is -2.32. The van der Waals surface area contributed by atoms with E-state index in [1.165, 1.54) is 43.4 Å². The lowest BCUT2D eigenvalue weighted by Crippen LogP contribution is -2.48. The maximum absolute atomic E-state index is 14.7. The second kappa shape index (κ2) is 60.3. The minimum atomic E-state index is -1.70. The van der Waals surface area contributed by atoms with Crippen LogP contribution >= 0.6 is 0 Å². The van der Waals surface area contributed by atoms with Crippen molar-refractivity contribution >= 4 is 47.7 Å². The Morgan fingerprint density at radius 3 is 1.02 bits per heavy atom. The van der Waals surface area contributed by atoms with Crippen molar-refractivity contribution < 1.29 is 71.5 Å². The lowest BCUT2D eigenvalue weighted by molar-refractivity contribution is -0.171. The molecule has 0 heterocycles. The van der Waals surface area contributed by atoms with Crippen LogP contribution in [0.3, 0.4) is 0 Å². The molecule has 3 atom stereocenters. The molecule has 17 heteroatoms. The third-order valence-electron chi connectivity index (χ3n) is 16.1. The number of ether oxygens (including phenoxy) is 7. The van der Waals surface area contributed by atoms with Crippen molar-refractivity contribution in [2.45, 2.75) is 330 Å². The van der Waals surface area contributed by atoms with Gasteiger partial charge in [0.15, 0.2) is 11.8 Å². The highest BCUT2D eigenvalue weighted by Gasteiger charge is 2.37. The Morgan fingerprint density at radius 2 is 0.648 bits per heavy atom. The molecule has 0 radical (unpaired) electrons. The first-order valence-corrected chi connectivity index (χ1v) is 35.8. The highest BCUT2D eigenvalue weighted by Crippen LogP contribution is 2.21. The van der Waals surface area contributed by atoms with Gasteiger partial charge in [0.05, 0.1) is 51.7 Å². The molecule has 0 fully saturated rings. The maximum Gasteiger partial charge on any atom is 0.321 e. The zero-order valence-corrected chi connectivity index (χ0v) is 57.4. The van der Waals surface area contributed by atoms with E-state index in [0.717, 1.165) is 173 Å². The van der Waals surface area contributed by atoms with Crippen molar-refractivity contribution in [3.63, 3.8) is 0 Å². The number of amides is 1. The van der Waals surface area contributed by atoms with Crippen LogP contribution in [-0.2, 0) is 71.5 Å². The molecular weight excluding hydrogens is 1120 g/mol. The quantitative estimate of drug-likeness (QED) is 0.0240. The fourth-order valence-electron chi connectivity index (χ4n) is 10.5. The Bertz CT molecular complexity index is 1680. The summed E-state index contributed by atoms with van der Waals surface area (Å²) in [4.78, 5) is 115. The maximum atomic E-state index is 14.7. The number of hydrogen-bond acceptors (Lipinski definition) is 16. The van der Waals surface area contributed by atoms with Crippen molar-refractivity contribution in [2.75, 3.05) is 66.8 Å². The Labute approximate surface area is 535 Å². The molecule has 0 spiro atoms. The number of unbranched alkanes of at least 4 members (excludes halogenated alkanes) is 30. The van der Waals surface area contributed by atoms with E-state index < -0.39 is 91.6 Å². The van der Waals surface area contributed by atoms with Crippen LogP contribution in [0.15, 0.2) is 0 Å². The van der Waals surface area contributed by atoms with Gasteiger partial charge in [-0.05, 0) is 78.4 Å². The lowest BCUT2D eigenvalue weighted by atomic mass is 10.1. The molecule has 514 valence electrons. The highest BCUT2D eigenvalue weighted by atomic mass is 16.6.